The second-order valence-corrected chi connectivity index (χ2v) is 11.8. The third-order valence-corrected chi connectivity index (χ3v) is 8.36. The Labute approximate surface area is 190 Å². The van der Waals surface area contributed by atoms with Gasteiger partial charge in [0.15, 0.2) is 0 Å². The molecule has 0 atom stereocenters. The van der Waals surface area contributed by atoms with E-state index in [9.17, 15) is 16.8 Å². The minimum absolute atomic E-state index is 0.0148. The van der Waals surface area contributed by atoms with Crippen LogP contribution in [0.3, 0.4) is 0 Å². The van der Waals surface area contributed by atoms with Crippen LogP contribution in [0.5, 0.6) is 0 Å². The fourth-order valence-electron chi connectivity index (χ4n) is 3.55. The highest BCUT2D eigenvalue weighted by Crippen LogP contribution is 2.30. The average Bonchev–Trinajstić information content (AvgIpc) is 2.73. The first kappa shape index (κ1) is 24.1. The van der Waals surface area contributed by atoms with Crippen molar-refractivity contribution >= 4 is 19.9 Å². The summed E-state index contributed by atoms with van der Waals surface area (Å²) in [6.45, 7) is 7.57. The lowest BCUT2D eigenvalue weighted by Gasteiger charge is -2.16. The van der Waals surface area contributed by atoms with Crippen LogP contribution < -0.4 is 4.72 Å². The largest absolute Gasteiger partial charge is 0.261 e. The molecule has 170 valence electrons. The van der Waals surface area contributed by atoms with Crippen molar-refractivity contribution in [3.63, 3.8) is 0 Å². The normalized spacial score (nSPS) is 12.3. The number of hydrogen-bond acceptors (Lipinski definition) is 5. The molecule has 3 rings (SSSR count). The van der Waals surface area contributed by atoms with E-state index in [4.69, 9.17) is 0 Å². The maximum atomic E-state index is 13.3. The number of nitrogens with zero attached hydrogens (tertiary/aromatic N) is 1. The summed E-state index contributed by atoms with van der Waals surface area (Å²) in [5.41, 5.74) is 2.98. The number of rotatable bonds is 8. The first-order valence-electron chi connectivity index (χ1n) is 10.4. The number of aryl methyl sites for hydroxylation is 2. The van der Waals surface area contributed by atoms with Gasteiger partial charge in [0, 0.05) is 24.9 Å². The van der Waals surface area contributed by atoms with Gasteiger partial charge in [0.2, 0.25) is 19.9 Å². The SMILES string of the molecule is Cc1cc(C)cc(S(=O)(=O)c2ccc(C(C)C)c(S(=O)(=O)NCCc3ccccn3)c2)c1. The quantitative estimate of drug-likeness (QED) is 0.531. The molecule has 0 aliphatic rings. The molecule has 1 N–H and O–H groups in total. The van der Waals surface area contributed by atoms with Crippen LogP contribution in [0.15, 0.2) is 75.5 Å². The monoisotopic (exact) mass is 472 g/mol. The van der Waals surface area contributed by atoms with E-state index in [0.717, 1.165) is 16.8 Å². The van der Waals surface area contributed by atoms with Gasteiger partial charge in [0.1, 0.15) is 0 Å². The lowest BCUT2D eigenvalue weighted by molar-refractivity contribution is 0.578. The standard InChI is InChI=1S/C24H28N2O4S2/c1-17(2)23-9-8-21(31(27,28)22-14-18(3)13-19(4)15-22)16-24(23)32(29,30)26-12-10-20-7-5-6-11-25-20/h5-9,11,13-17,26H,10,12H2,1-4H3. The second-order valence-electron chi connectivity index (χ2n) is 8.15. The second kappa shape index (κ2) is 9.52. The van der Waals surface area contributed by atoms with Gasteiger partial charge in [0.25, 0.3) is 0 Å². The zero-order valence-corrected chi connectivity index (χ0v) is 20.3. The Morgan fingerprint density at radius 2 is 1.56 bits per heavy atom. The maximum absolute atomic E-state index is 13.3. The van der Waals surface area contributed by atoms with Crippen LogP contribution in [0.4, 0.5) is 0 Å². The number of benzene rings is 2. The van der Waals surface area contributed by atoms with Crippen molar-refractivity contribution < 1.29 is 16.8 Å². The van der Waals surface area contributed by atoms with Gasteiger partial charge in [-0.3, -0.25) is 4.98 Å². The smallest absolute Gasteiger partial charge is 0.240 e. The highest BCUT2D eigenvalue weighted by atomic mass is 32.2. The molecule has 6 nitrogen and oxygen atoms in total. The third kappa shape index (κ3) is 5.43. The van der Waals surface area contributed by atoms with E-state index in [1.807, 2.05) is 45.9 Å². The summed E-state index contributed by atoms with van der Waals surface area (Å²) >= 11 is 0. The molecule has 0 amide bonds. The van der Waals surface area contributed by atoms with Gasteiger partial charge in [-0.2, -0.15) is 0 Å². The third-order valence-electron chi connectivity index (χ3n) is 5.11. The average molecular weight is 473 g/mol. The minimum Gasteiger partial charge on any atom is -0.261 e. The number of sulfonamides is 1. The van der Waals surface area contributed by atoms with Crippen LogP contribution in [0.2, 0.25) is 0 Å². The summed E-state index contributed by atoms with van der Waals surface area (Å²) < 4.78 is 55.4. The summed E-state index contributed by atoms with van der Waals surface area (Å²) in [6.07, 6.45) is 2.08. The van der Waals surface area contributed by atoms with Crippen LogP contribution in [0.25, 0.3) is 0 Å². The Bertz CT molecular complexity index is 1300. The molecule has 8 heteroatoms. The highest BCUT2D eigenvalue weighted by molar-refractivity contribution is 7.91. The van der Waals surface area contributed by atoms with Crippen molar-refractivity contribution in [2.75, 3.05) is 6.54 Å². The first-order chi connectivity index (χ1) is 15.0. The molecule has 0 spiro atoms. The van der Waals surface area contributed by atoms with E-state index in [1.165, 1.54) is 12.1 Å². The van der Waals surface area contributed by atoms with Crippen LogP contribution in [-0.2, 0) is 26.3 Å². The fourth-order valence-corrected chi connectivity index (χ4v) is 6.52. The van der Waals surface area contributed by atoms with Gasteiger partial charge in [-0.05, 0) is 72.9 Å². The molecule has 0 fully saturated rings. The number of pyridine rings is 1. The molecule has 0 aliphatic carbocycles. The van der Waals surface area contributed by atoms with E-state index in [2.05, 4.69) is 9.71 Å². The zero-order valence-electron chi connectivity index (χ0n) is 18.7. The topological polar surface area (TPSA) is 93.2 Å². The van der Waals surface area contributed by atoms with Crippen molar-refractivity contribution in [1.82, 2.24) is 9.71 Å². The lowest BCUT2D eigenvalue weighted by atomic mass is 10.0. The van der Waals surface area contributed by atoms with Gasteiger partial charge in [0.05, 0.1) is 14.7 Å². The van der Waals surface area contributed by atoms with Crippen LogP contribution in [0, 0.1) is 13.8 Å². The Balaban J connectivity index is 1.98. The summed E-state index contributed by atoms with van der Waals surface area (Å²) in [5, 5.41) is 0. The molecule has 0 aliphatic heterocycles. The number of nitrogens with one attached hydrogen (secondary N) is 1. The molecule has 0 radical (unpaired) electrons. The predicted octanol–water partition coefficient (Wildman–Crippen LogP) is 4.18. The Morgan fingerprint density at radius 1 is 0.875 bits per heavy atom. The maximum Gasteiger partial charge on any atom is 0.240 e. The number of sulfone groups is 1. The fraction of sp³-hybridized carbons (Fsp3) is 0.292. The molecule has 0 unspecified atom stereocenters. The van der Waals surface area contributed by atoms with Crippen molar-refractivity contribution in [3.8, 4) is 0 Å². The minimum atomic E-state index is -3.93. The van der Waals surface area contributed by atoms with Crippen molar-refractivity contribution in [3.05, 3.63) is 83.2 Å². The molecule has 2 aromatic carbocycles. The molecule has 0 bridgehead atoms. The zero-order chi connectivity index (χ0) is 23.5. The van der Waals surface area contributed by atoms with Crippen LogP contribution >= 0.6 is 0 Å². The predicted molar refractivity (Wildman–Crippen MR) is 125 cm³/mol. The van der Waals surface area contributed by atoms with Gasteiger partial charge in [-0.25, -0.2) is 21.6 Å². The Kier molecular flexibility index (Phi) is 7.17. The Morgan fingerprint density at radius 3 is 2.16 bits per heavy atom. The van der Waals surface area contributed by atoms with Crippen molar-refractivity contribution in [2.24, 2.45) is 0 Å². The van der Waals surface area contributed by atoms with Crippen molar-refractivity contribution in [2.45, 2.75) is 54.7 Å². The lowest BCUT2D eigenvalue weighted by Crippen LogP contribution is -2.27. The summed E-state index contributed by atoms with van der Waals surface area (Å²) in [5.74, 6) is -0.102. The Hall–Kier alpha value is -2.55. The van der Waals surface area contributed by atoms with E-state index in [-0.39, 0.29) is 27.1 Å². The molecule has 1 aromatic heterocycles. The summed E-state index contributed by atoms with van der Waals surface area (Å²) in [4.78, 5) is 4.29. The van der Waals surface area contributed by atoms with Gasteiger partial charge >= 0.3 is 0 Å². The summed E-state index contributed by atoms with van der Waals surface area (Å²) in [6, 6.07) is 14.9. The van der Waals surface area contributed by atoms with E-state index < -0.39 is 19.9 Å². The summed E-state index contributed by atoms with van der Waals surface area (Å²) in [7, 11) is -7.80. The van der Waals surface area contributed by atoms with Crippen molar-refractivity contribution in [1.29, 1.82) is 0 Å². The molecule has 0 saturated carbocycles. The van der Waals surface area contributed by atoms with Crippen LogP contribution in [-0.4, -0.2) is 28.4 Å². The van der Waals surface area contributed by atoms with E-state index in [0.29, 0.717) is 12.0 Å². The van der Waals surface area contributed by atoms with Gasteiger partial charge in [-0.1, -0.05) is 32.0 Å². The highest BCUT2D eigenvalue weighted by Gasteiger charge is 2.25. The molecular weight excluding hydrogens is 444 g/mol. The van der Waals surface area contributed by atoms with Gasteiger partial charge in [-0.15, -0.1) is 0 Å². The molecular formula is C24H28N2O4S2. The molecule has 3 aromatic rings. The molecule has 0 saturated heterocycles. The van der Waals surface area contributed by atoms with Crippen LogP contribution in [0.1, 0.15) is 42.1 Å². The molecule has 1 heterocycles. The van der Waals surface area contributed by atoms with E-state index in [1.54, 1.807) is 30.5 Å². The van der Waals surface area contributed by atoms with E-state index >= 15 is 0 Å². The first-order valence-corrected chi connectivity index (χ1v) is 13.3. The number of aromatic nitrogens is 1. The number of hydrogen-bond donors (Lipinski definition) is 1. The van der Waals surface area contributed by atoms with Gasteiger partial charge < -0.3 is 0 Å². The molecule has 32 heavy (non-hydrogen) atoms.